The van der Waals surface area contributed by atoms with Crippen LogP contribution in [0.3, 0.4) is 0 Å². The number of hydrogen-bond acceptors (Lipinski definition) is 3. The van der Waals surface area contributed by atoms with E-state index < -0.39 is 17.7 Å². The van der Waals surface area contributed by atoms with Crippen molar-refractivity contribution in [1.29, 1.82) is 0 Å². The quantitative estimate of drug-likeness (QED) is 0.924. The van der Waals surface area contributed by atoms with E-state index in [1.54, 1.807) is 10.9 Å². The molecule has 1 unspecified atom stereocenters. The molecule has 0 radical (unpaired) electrons. The molecule has 1 atom stereocenters. The number of aryl methyl sites for hydroxylation is 1. The summed E-state index contributed by atoms with van der Waals surface area (Å²) in [5.41, 5.74) is 7.20. The third kappa shape index (κ3) is 2.44. The molecule has 1 aromatic heterocycles. The van der Waals surface area contributed by atoms with Crippen LogP contribution in [0.1, 0.15) is 24.2 Å². The molecule has 2 rings (SSSR count). The van der Waals surface area contributed by atoms with Crippen molar-refractivity contribution in [2.75, 3.05) is 7.11 Å². The zero-order valence-corrected chi connectivity index (χ0v) is 10.7. The van der Waals surface area contributed by atoms with Gasteiger partial charge in [-0.25, -0.2) is 8.78 Å². The highest BCUT2D eigenvalue weighted by atomic mass is 19.2. The summed E-state index contributed by atoms with van der Waals surface area (Å²) >= 11 is 0. The normalized spacial score (nSPS) is 12.5. The van der Waals surface area contributed by atoms with E-state index in [1.165, 1.54) is 13.2 Å². The molecule has 0 aliphatic carbocycles. The van der Waals surface area contributed by atoms with Gasteiger partial charge < -0.3 is 10.5 Å². The lowest BCUT2D eigenvalue weighted by Crippen LogP contribution is -2.18. The molecule has 0 aliphatic heterocycles. The molecular formula is C13H15F2N3O. The van der Waals surface area contributed by atoms with Crippen molar-refractivity contribution in [1.82, 2.24) is 9.78 Å². The van der Waals surface area contributed by atoms with Gasteiger partial charge >= 0.3 is 0 Å². The SMILES string of the molecule is CCn1ncc(OC)c1C(N)c1ccc(F)c(F)c1. The van der Waals surface area contributed by atoms with Crippen LogP contribution in [0.25, 0.3) is 0 Å². The highest BCUT2D eigenvalue weighted by Gasteiger charge is 2.20. The summed E-state index contributed by atoms with van der Waals surface area (Å²) in [6, 6.07) is 2.97. The van der Waals surface area contributed by atoms with Crippen LogP contribution in [0.4, 0.5) is 8.78 Å². The Morgan fingerprint density at radius 3 is 2.68 bits per heavy atom. The van der Waals surface area contributed by atoms with Gasteiger partial charge in [0.05, 0.1) is 19.3 Å². The van der Waals surface area contributed by atoms with Gasteiger partial charge in [0.25, 0.3) is 0 Å². The molecule has 0 amide bonds. The monoisotopic (exact) mass is 267 g/mol. The van der Waals surface area contributed by atoms with Crippen LogP contribution in [0.2, 0.25) is 0 Å². The van der Waals surface area contributed by atoms with E-state index in [9.17, 15) is 8.78 Å². The largest absolute Gasteiger partial charge is 0.493 e. The van der Waals surface area contributed by atoms with Crippen LogP contribution in [0.5, 0.6) is 5.75 Å². The number of methoxy groups -OCH3 is 1. The van der Waals surface area contributed by atoms with Crippen LogP contribution in [0, 0.1) is 11.6 Å². The van der Waals surface area contributed by atoms with E-state index in [0.717, 1.165) is 12.1 Å². The first-order chi connectivity index (χ1) is 9.08. The Kier molecular flexibility index (Phi) is 3.80. The minimum absolute atomic E-state index is 0.465. The topological polar surface area (TPSA) is 53.1 Å². The molecule has 2 aromatic rings. The molecular weight excluding hydrogens is 252 g/mol. The number of nitrogens with zero attached hydrogens (tertiary/aromatic N) is 2. The van der Waals surface area contributed by atoms with Crippen molar-refractivity contribution >= 4 is 0 Å². The lowest BCUT2D eigenvalue weighted by atomic mass is 10.0. The molecule has 0 saturated carbocycles. The van der Waals surface area contributed by atoms with Crippen molar-refractivity contribution in [2.45, 2.75) is 19.5 Å². The lowest BCUT2D eigenvalue weighted by Gasteiger charge is -2.15. The second kappa shape index (κ2) is 5.36. The van der Waals surface area contributed by atoms with Gasteiger partial charge in [-0.3, -0.25) is 4.68 Å². The molecule has 0 saturated heterocycles. The fraction of sp³-hybridized carbons (Fsp3) is 0.308. The van der Waals surface area contributed by atoms with Gasteiger partial charge in [-0.2, -0.15) is 5.10 Å². The maximum Gasteiger partial charge on any atom is 0.161 e. The Morgan fingerprint density at radius 2 is 2.11 bits per heavy atom. The Bertz CT molecular complexity index is 562. The lowest BCUT2D eigenvalue weighted by molar-refractivity contribution is 0.404. The third-order valence-corrected chi connectivity index (χ3v) is 2.96. The molecule has 0 spiro atoms. The van der Waals surface area contributed by atoms with E-state index in [-0.39, 0.29) is 0 Å². The predicted molar refractivity (Wildman–Crippen MR) is 66.8 cm³/mol. The number of rotatable bonds is 4. The van der Waals surface area contributed by atoms with E-state index in [0.29, 0.717) is 23.6 Å². The summed E-state index contributed by atoms with van der Waals surface area (Å²) in [6.45, 7) is 2.52. The Hall–Kier alpha value is -1.95. The maximum atomic E-state index is 13.3. The highest BCUT2D eigenvalue weighted by molar-refractivity contribution is 5.36. The molecule has 19 heavy (non-hydrogen) atoms. The molecule has 0 fully saturated rings. The minimum Gasteiger partial charge on any atom is -0.493 e. The zero-order chi connectivity index (χ0) is 14.0. The number of hydrogen-bond donors (Lipinski definition) is 1. The molecule has 0 bridgehead atoms. The molecule has 1 aromatic carbocycles. The summed E-state index contributed by atoms with van der Waals surface area (Å²) in [4.78, 5) is 0. The Balaban J connectivity index is 2.45. The first-order valence-corrected chi connectivity index (χ1v) is 5.88. The van der Waals surface area contributed by atoms with Crippen molar-refractivity contribution in [2.24, 2.45) is 5.73 Å². The first kappa shape index (κ1) is 13.5. The first-order valence-electron chi connectivity index (χ1n) is 5.88. The van der Waals surface area contributed by atoms with E-state index in [4.69, 9.17) is 10.5 Å². The summed E-state index contributed by atoms with van der Waals surface area (Å²) in [7, 11) is 1.51. The number of aromatic nitrogens is 2. The van der Waals surface area contributed by atoms with Crippen molar-refractivity contribution in [3.63, 3.8) is 0 Å². The van der Waals surface area contributed by atoms with Crippen LogP contribution >= 0.6 is 0 Å². The average Bonchev–Trinajstić information content (AvgIpc) is 2.83. The molecule has 4 nitrogen and oxygen atoms in total. The third-order valence-electron chi connectivity index (χ3n) is 2.96. The van der Waals surface area contributed by atoms with Crippen LogP contribution in [0.15, 0.2) is 24.4 Å². The van der Waals surface area contributed by atoms with Crippen molar-refractivity contribution < 1.29 is 13.5 Å². The number of benzene rings is 1. The second-order valence-electron chi connectivity index (χ2n) is 4.07. The van der Waals surface area contributed by atoms with Crippen molar-refractivity contribution in [3.8, 4) is 5.75 Å². The zero-order valence-electron chi connectivity index (χ0n) is 10.7. The molecule has 1 heterocycles. The van der Waals surface area contributed by atoms with E-state index in [1.807, 2.05) is 6.92 Å². The Labute approximate surface area is 109 Å². The molecule has 2 N–H and O–H groups in total. The van der Waals surface area contributed by atoms with E-state index >= 15 is 0 Å². The summed E-state index contributed by atoms with van der Waals surface area (Å²) in [6.07, 6.45) is 1.55. The standard InChI is InChI=1S/C13H15F2N3O/c1-3-18-13(11(19-2)7-17-18)12(16)8-4-5-9(14)10(15)6-8/h4-7,12H,3,16H2,1-2H3. The van der Waals surface area contributed by atoms with Crippen LogP contribution in [-0.2, 0) is 6.54 Å². The second-order valence-corrected chi connectivity index (χ2v) is 4.07. The summed E-state index contributed by atoms with van der Waals surface area (Å²) < 4.78 is 33.1. The van der Waals surface area contributed by atoms with Gasteiger partial charge in [-0.1, -0.05) is 6.07 Å². The van der Waals surface area contributed by atoms with Crippen LogP contribution < -0.4 is 10.5 Å². The molecule has 102 valence electrons. The number of halogens is 2. The average molecular weight is 267 g/mol. The number of ether oxygens (including phenoxy) is 1. The van der Waals surface area contributed by atoms with Gasteiger partial charge in [0.15, 0.2) is 17.4 Å². The summed E-state index contributed by atoms with van der Waals surface area (Å²) in [5, 5.41) is 4.14. The summed E-state index contributed by atoms with van der Waals surface area (Å²) in [5.74, 6) is -1.29. The fourth-order valence-electron chi connectivity index (χ4n) is 1.96. The predicted octanol–water partition coefficient (Wildman–Crippen LogP) is 2.24. The van der Waals surface area contributed by atoms with Crippen LogP contribution in [-0.4, -0.2) is 16.9 Å². The Morgan fingerprint density at radius 1 is 1.37 bits per heavy atom. The van der Waals surface area contributed by atoms with Crippen molar-refractivity contribution in [3.05, 3.63) is 47.3 Å². The van der Waals surface area contributed by atoms with Gasteiger partial charge in [-0.15, -0.1) is 0 Å². The highest BCUT2D eigenvalue weighted by Crippen LogP contribution is 2.28. The van der Waals surface area contributed by atoms with Gasteiger partial charge in [-0.05, 0) is 24.6 Å². The van der Waals surface area contributed by atoms with Gasteiger partial charge in [0, 0.05) is 6.54 Å². The van der Waals surface area contributed by atoms with E-state index in [2.05, 4.69) is 5.10 Å². The van der Waals surface area contributed by atoms with Gasteiger partial charge in [0.1, 0.15) is 5.69 Å². The fourth-order valence-corrected chi connectivity index (χ4v) is 1.96. The molecule has 0 aliphatic rings. The maximum absolute atomic E-state index is 13.3. The van der Waals surface area contributed by atoms with Gasteiger partial charge in [0.2, 0.25) is 0 Å². The minimum atomic E-state index is -0.922. The smallest absolute Gasteiger partial charge is 0.161 e. The molecule has 6 heteroatoms. The number of nitrogens with two attached hydrogens (primary N) is 1.